The first-order valence-electron chi connectivity index (χ1n) is 9.16. The Balaban J connectivity index is 1.71. The second-order valence-corrected chi connectivity index (χ2v) is 7.15. The highest BCUT2D eigenvalue weighted by Gasteiger charge is 2.25. The lowest BCUT2D eigenvalue weighted by Crippen LogP contribution is -2.37. The number of amides is 2. The van der Waals surface area contributed by atoms with Crippen molar-refractivity contribution in [3.8, 4) is 0 Å². The zero-order valence-corrected chi connectivity index (χ0v) is 16.1. The minimum atomic E-state index is 0.0507. The van der Waals surface area contributed by atoms with Crippen LogP contribution in [0.3, 0.4) is 0 Å². The van der Waals surface area contributed by atoms with Crippen molar-refractivity contribution in [2.24, 2.45) is 7.05 Å². The third-order valence-electron chi connectivity index (χ3n) is 5.34. The normalized spacial score (nSPS) is 15.1. The lowest BCUT2D eigenvalue weighted by Gasteiger charge is -2.22. The topological polar surface area (TPSA) is 45.6 Å². The minimum absolute atomic E-state index is 0.0507. The van der Waals surface area contributed by atoms with E-state index in [1.165, 1.54) is 0 Å². The molecular weight excluding hydrogens is 326 g/mol. The number of hydrogen-bond acceptors (Lipinski definition) is 2. The Kier molecular flexibility index (Phi) is 5.16. The number of nitrogens with zero attached hydrogens (tertiary/aromatic N) is 3. The fourth-order valence-corrected chi connectivity index (χ4v) is 3.53. The lowest BCUT2D eigenvalue weighted by molar-refractivity contribution is 0.0718. The second-order valence-electron chi connectivity index (χ2n) is 7.15. The summed E-state index contributed by atoms with van der Waals surface area (Å²) in [6.07, 6.45) is 0.800. The molecule has 138 valence electrons. The Hall–Kier alpha value is -2.56. The van der Waals surface area contributed by atoms with Crippen LogP contribution in [0.2, 0.25) is 0 Å². The molecule has 0 spiro atoms. The maximum Gasteiger partial charge on any atom is 0.255 e. The van der Waals surface area contributed by atoms with E-state index in [9.17, 15) is 9.59 Å². The van der Waals surface area contributed by atoms with Crippen molar-refractivity contribution in [2.75, 3.05) is 26.2 Å². The molecule has 2 amide bonds. The van der Waals surface area contributed by atoms with Crippen molar-refractivity contribution in [3.63, 3.8) is 0 Å². The van der Waals surface area contributed by atoms with E-state index in [0.717, 1.165) is 34.5 Å². The van der Waals surface area contributed by atoms with Gasteiger partial charge >= 0.3 is 0 Å². The van der Waals surface area contributed by atoms with E-state index in [0.29, 0.717) is 26.2 Å². The van der Waals surface area contributed by atoms with Gasteiger partial charge in [-0.3, -0.25) is 9.59 Å². The third-order valence-corrected chi connectivity index (χ3v) is 5.34. The number of rotatable bonds is 2. The predicted molar refractivity (Wildman–Crippen MR) is 102 cm³/mol. The quantitative estimate of drug-likeness (QED) is 0.833. The molecule has 5 heteroatoms. The number of aromatic nitrogens is 1. The van der Waals surface area contributed by atoms with E-state index < -0.39 is 0 Å². The fraction of sp³-hybridized carbons (Fsp3) is 0.429. The Bertz CT molecular complexity index is 838. The van der Waals surface area contributed by atoms with Crippen LogP contribution >= 0.6 is 0 Å². The summed E-state index contributed by atoms with van der Waals surface area (Å²) in [5.74, 6) is 0.116. The molecule has 1 saturated heterocycles. The van der Waals surface area contributed by atoms with Crippen LogP contribution in [0.5, 0.6) is 0 Å². The molecule has 1 aromatic heterocycles. The fourth-order valence-electron chi connectivity index (χ4n) is 3.53. The van der Waals surface area contributed by atoms with E-state index in [4.69, 9.17) is 0 Å². The van der Waals surface area contributed by atoms with Crippen molar-refractivity contribution in [3.05, 3.63) is 58.4 Å². The van der Waals surface area contributed by atoms with Gasteiger partial charge in [-0.1, -0.05) is 17.7 Å². The highest BCUT2D eigenvalue weighted by atomic mass is 16.2. The summed E-state index contributed by atoms with van der Waals surface area (Å²) in [5, 5.41) is 0. The van der Waals surface area contributed by atoms with Gasteiger partial charge < -0.3 is 14.4 Å². The summed E-state index contributed by atoms with van der Waals surface area (Å²) >= 11 is 0. The minimum Gasteiger partial charge on any atom is -0.351 e. The van der Waals surface area contributed by atoms with Gasteiger partial charge in [-0.05, 0) is 45.4 Å². The average Bonchev–Trinajstić information content (AvgIpc) is 2.83. The molecule has 0 N–H and O–H groups in total. The van der Waals surface area contributed by atoms with Crippen LogP contribution in [0.1, 0.15) is 44.1 Å². The van der Waals surface area contributed by atoms with Gasteiger partial charge in [0.2, 0.25) is 0 Å². The van der Waals surface area contributed by atoms with Crippen LogP contribution in [0.25, 0.3) is 0 Å². The molecule has 1 aliphatic rings. The molecule has 2 aromatic rings. The van der Waals surface area contributed by atoms with Crippen LogP contribution in [-0.4, -0.2) is 52.4 Å². The average molecular weight is 353 g/mol. The maximum atomic E-state index is 12.9. The number of hydrogen-bond donors (Lipinski definition) is 0. The molecule has 1 aliphatic heterocycles. The largest absolute Gasteiger partial charge is 0.351 e. The summed E-state index contributed by atoms with van der Waals surface area (Å²) in [7, 11) is 1.98. The number of carbonyl (C=O) groups is 2. The molecule has 0 unspecified atom stereocenters. The van der Waals surface area contributed by atoms with E-state index >= 15 is 0 Å². The molecule has 26 heavy (non-hydrogen) atoms. The first-order valence-corrected chi connectivity index (χ1v) is 9.16. The van der Waals surface area contributed by atoms with Crippen LogP contribution in [0.4, 0.5) is 0 Å². The molecule has 2 heterocycles. The highest BCUT2D eigenvalue weighted by molar-refractivity contribution is 5.96. The molecular formula is C21H27N3O2. The van der Waals surface area contributed by atoms with Crippen LogP contribution in [-0.2, 0) is 7.05 Å². The van der Waals surface area contributed by atoms with E-state index in [1.54, 1.807) is 0 Å². The monoisotopic (exact) mass is 353 g/mol. The first-order chi connectivity index (χ1) is 12.4. The molecule has 1 aromatic carbocycles. The molecule has 0 aliphatic carbocycles. The SMILES string of the molecule is Cc1cccc(C(=O)N2CCCN(C(=O)c3cc(C)n(C)c3C)CC2)c1. The third kappa shape index (κ3) is 3.52. The summed E-state index contributed by atoms with van der Waals surface area (Å²) in [6, 6.07) is 9.64. The smallest absolute Gasteiger partial charge is 0.255 e. The van der Waals surface area contributed by atoms with Crippen molar-refractivity contribution in [1.82, 2.24) is 14.4 Å². The zero-order valence-electron chi connectivity index (χ0n) is 16.1. The molecule has 0 atom stereocenters. The Labute approximate surface area is 155 Å². The van der Waals surface area contributed by atoms with Gasteiger partial charge in [0.25, 0.3) is 11.8 Å². The van der Waals surface area contributed by atoms with Gasteiger partial charge in [0.05, 0.1) is 5.56 Å². The highest BCUT2D eigenvalue weighted by Crippen LogP contribution is 2.18. The van der Waals surface area contributed by atoms with Crippen molar-refractivity contribution in [1.29, 1.82) is 0 Å². The molecule has 1 fully saturated rings. The summed E-state index contributed by atoms with van der Waals surface area (Å²) < 4.78 is 2.04. The molecule has 0 saturated carbocycles. The predicted octanol–water partition coefficient (Wildman–Crippen LogP) is 2.94. The number of carbonyl (C=O) groups excluding carboxylic acids is 2. The van der Waals surface area contributed by atoms with Gasteiger partial charge in [-0.2, -0.15) is 0 Å². The van der Waals surface area contributed by atoms with Gasteiger partial charge in [0.15, 0.2) is 0 Å². The number of aryl methyl sites for hydroxylation is 2. The Morgan fingerprint density at radius 3 is 2.12 bits per heavy atom. The van der Waals surface area contributed by atoms with E-state index in [2.05, 4.69) is 0 Å². The van der Waals surface area contributed by atoms with Gasteiger partial charge in [0.1, 0.15) is 0 Å². The standard InChI is InChI=1S/C21H27N3O2/c1-15-7-5-8-18(13-15)20(25)23-9-6-10-24(12-11-23)21(26)19-14-16(2)22(4)17(19)3/h5,7-8,13-14H,6,9-12H2,1-4H3. The van der Waals surface area contributed by atoms with Crippen molar-refractivity contribution < 1.29 is 9.59 Å². The van der Waals surface area contributed by atoms with Gasteiger partial charge in [0, 0.05) is 50.2 Å². The summed E-state index contributed by atoms with van der Waals surface area (Å²) in [6.45, 7) is 8.49. The van der Waals surface area contributed by atoms with E-state index in [1.807, 2.05) is 72.5 Å². The van der Waals surface area contributed by atoms with E-state index in [-0.39, 0.29) is 11.8 Å². The van der Waals surface area contributed by atoms with Gasteiger partial charge in [-0.15, -0.1) is 0 Å². The summed E-state index contributed by atoms with van der Waals surface area (Å²) in [4.78, 5) is 29.5. The molecule has 5 nitrogen and oxygen atoms in total. The molecule has 0 bridgehead atoms. The van der Waals surface area contributed by atoms with Crippen LogP contribution < -0.4 is 0 Å². The van der Waals surface area contributed by atoms with Crippen molar-refractivity contribution in [2.45, 2.75) is 27.2 Å². The Morgan fingerprint density at radius 2 is 1.54 bits per heavy atom. The molecule has 3 rings (SSSR count). The zero-order chi connectivity index (χ0) is 18.8. The number of benzene rings is 1. The van der Waals surface area contributed by atoms with Crippen molar-refractivity contribution >= 4 is 11.8 Å². The molecule has 0 radical (unpaired) electrons. The summed E-state index contributed by atoms with van der Waals surface area (Å²) in [5.41, 5.74) is 4.64. The van der Waals surface area contributed by atoms with Crippen LogP contribution in [0.15, 0.2) is 30.3 Å². The first kappa shape index (κ1) is 18.2. The van der Waals surface area contributed by atoms with Crippen LogP contribution in [0, 0.1) is 20.8 Å². The lowest BCUT2D eigenvalue weighted by atomic mass is 10.1. The Morgan fingerprint density at radius 1 is 0.885 bits per heavy atom. The maximum absolute atomic E-state index is 12.9. The van der Waals surface area contributed by atoms with Gasteiger partial charge in [-0.25, -0.2) is 0 Å². The second kappa shape index (κ2) is 7.36.